The normalized spacial score (nSPS) is 12.4. The first-order valence-corrected chi connectivity index (χ1v) is 7.07. The Morgan fingerprint density at radius 1 is 1.29 bits per heavy atom. The van der Waals surface area contributed by atoms with Crippen LogP contribution in [0.1, 0.15) is 36.3 Å². The van der Waals surface area contributed by atoms with Crippen molar-refractivity contribution in [2.75, 3.05) is 14.2 Å². The Balaban J connectivity index is 2.44. The van der Waals surface area contributed by atoms with Crippen molar-refractivity contribution in [1.82, 2.24) is 9.78 Å². The third kappa shape index (κ3) is 3.25. The van der Waals surface area contributed by atoms with Gasteiger partial charge in [0.1, 0.15) is 11.8 Å². The van der Waals surface area contributed by atoms with Crippen LogP contribution in [0.3, 0.4) is 0 Å². The van der Waals surface area contributed by atoms with E-state index in [1.54, 1.807) is 25.1 Å². The fourth-order valence-corrected chi connectivity index (χ4v) is 2.44. The van der Waals surface area contributed by atoms with Gasteiger partial charge in [-0.25, -0.2) is 0 Å². The molecule has 0 amide bonds. The highest BCUT2D eigenvalue weighted by Gasteiger charge is 2.23. The van der Waals surface area contributed by atoms with Crippen molar-refractivity contribution in [3.63, 3.8) is 0 Å². The van der Waals surface area contributed by atoms with Crippen molar-refractivity contribution in [2.45, 2.75) is 32.6 Å². The zero-order valence-electron chi connectivity index (χ0n) is 12.7. The molecular weight excluding hydrogens is 268 g/mol. The van der Waals surface area contributed by atoms with Crippen molar-refractivity contribution >= 4 is 0 Å². The molecule has 21 heavy (non-hydrogen) atoms. The number of benzene rings is 1. The molecule has 1 N–H and O–H groups in total. The van der Waals surface area contributed by atoms with E-state index >= 15 is 0 Å². The average Bonchev–Trinajstić information content (AvgIpc) is 2.91. The summed E-state index contributed by atoms with van der Waals surface area (Å²) in [6, 6.07) is 7.70. The van der Waals surface area contributed by atoms with E-state index in [2.05, 4.69) is 12.0 Å². The van der Waals surface area contributed by atoms with Gasteiger partial charge in [-0.05, 0) is 17.5 Å². The average molecular weight is 290 g/mol. The summed E-state index contributed by atoms with van der Waals surface area (Å²) in [5.41, 5.74) is 2.46. The molecule has 1 atom stereocenters. The number of aliphatic hydroxyl groups excluding tert-OH is 1. The van der Waals surface area contributed by atoms with Crippen LogP contribution in [0.15, 0.2) is 30.5 Å². The third-order valence-electron chi connectivity index (χ3n) is 3.41. The molecule has 2 aromatic rings. The monoisotopic (exact) mass is 290 g/mol. The van der Waals surface area contributed by atoms with Crippen molar-refractivity contribution in [1.29, 1.82) is 0 Å². The predicted octanol–water partition coefficient (Wildman–Crippen LogP) is 2.53. The fraction of sp³-hybridized carbons (Fsp3) is 0.438. The molecule has 0 radical (unpaired) electrons. The highest BCUT2D eigenvalue weighted by atomic mass is 16.5. The van der Waals surface area contributed by atoms with E-state index in [9.17, 15) is 5.11 Å². The van der Waals surface area contributed by atoms with Crippen molar-refractivity contribution in [2.24, 2.45) is 0 Å². The maximum atomic E-state index is 10.8. The lowest BCUT2D eigenvalue weighted by atomic mass is 10.00. The Kier molecular flexibility index (Phi) is 5.36. The van der Waals surface area contributed by atoms with E-state index in [0.717, 1.165) is 24.1 Å². The van der Waals surface area contributed by atoms with Crippen LogP contribution in [0.5, 0.6) is 5.75 Å². The minimum Gasteiger partial charge on any atom is -0.493 e. The molecule has 1 heterocycles. The largest absolute Gasteiger partial charge is 0.493 e. The predicted molar refractivity (Wildman–Crippen MR) is 80.3 cm³/mol. The van der Waals surface area contributed by atoms with Crippen molar-refractivity contribution in [3.05, 3.63) is 47.3 Å². The first kappa shape index (κ1) is 15.5. The Labute approximate surface area is 125 Å². The van der Waals surface area contributed by atoms with E-state index in [1.165, 1.54) is 0 Å². The molecule has 0 aliphatic carbocycles. The molecule has 1 unspecified atom stereocenters. The summed E-state index contributed by atoms with van der Waals surface area (Å²) in [5, 5.41) is 15.1. The van der Waals surface area contributed by atoms with Gasteiger partial charge in [-0.15, -0.1) is 0 Å². The standard InChI is InChI=1S/C16H22N2O3/c1-4-9-18-15(14(21-3)10-17-18)16(19)13-8-6-5-7-12(13)11-20-2/h5-8,10,16,19H,4,9,11H2,1-3H3. The van der Waals surface area contributed by atoms with E-state index in [1.807, 2.05) is 24.3 Å². The number of aromatic nitrogens is 2. The highest BCUT2D eigenvalue weighted by Crippen LogP contribution is 2.32. The first-order chi connectivity index (χ1) is 10.2. The molecular formula is C16H22N2O3. The van der Waals surface area contributed by atoms with Crippen LogP contribution < -0.4 is 4.74 Å². The molecule has 0 saturated carbocycles. The number of nitrogens with zero attached hydrogens (tertiary/aromatic N) is 2. The lowest BCUT2D eigenvalue weighted by molar-refractivity contribution is 0.172. The zero-order valence-corrected chi connectivity index (χ0v) is 12.7. The maximum Gasteiger partial charge on any atom is 0.163 e. The van der Waals surface area contributed by atoms with Crippen LogP contribution in [0.25, 0.3) is 0 Å². The maximum absolute atomic E-state index is 10.8. The van der Waals surface area contributed by atoms with Gasteiger partial charge in [-0.1, -0.05) is 31.2 Å². The van der Waals surface area contributed by atoms with Crippen LogP contribution in [-0.4, -0.2) is 29.1 Å². The number of aliphatic hydroxyl groups is 1. The lowest BCUT2D eigenvalue weighted by Gasteiger charge is -2.18. The molecule has 1 aromatic carbocycles. The molecule has 0 aliphatic rings. The molecule has 0 aliphatic heterocycles. The Morgan fingerprint density at radius 3 is 2.71 bits per heavy atom. The molecule has 1 aromatic heterocycles. The Bertz CT molecular complexity index is 581. The molecule has 0 bridgehead atoms. The first-order valence-electron chi connectivity index (χ1n) is 7.07. The molecule has 5 nitrogen and oxygen atoms in total. The summed E-state index contributed by atoms with van der Waals surface area (Å²) >= 11 is 0. The van der Waals surface area contributed by atoms with Gasteiger partial charge in [-0.2, -0.15) is 5.10 Å². The van der Waals surface area contributed by atoms with E-state index in [-0.39, 0.29) is 0 Å². The molecule has 114 valence electrons. The fourth-order valence-electron chi connectivity index (χ4n) is 2.44. The number of hydrogen-bond acceptors (Lipinski definition) is 4. The van der Waals surface area contributed by atoms with Gasteiger partial charge in [-0.3, -0.25) is 4.68 Å². The summed E-state index contributed by atoms with van der Waals surface area (Å²) in [6.07, 6.45) is 1.79. The number of aryl methyl sites for hydroxylation is 1. The van der Waals surface area contributed by atoms with E-state index < -0.39 is 6.10 Å². The van der Waals surface area contributed by atoms with Gasteiger partial charge < -0.3 is 14.6 Å². The molecule has 5 heteroatoms. The minimum absolute atomic E-state index is 0.456. The van der Waals surface area contributed by atoms with Gasteiger partial charge in [0.15, 0.2) is 5.75 Å². The summed E-state index contributed by atoms with van der Waals surface area (Å²) in [5.74, 6) is 0.600. The van der Waals surface area contributed by atoms with Crippen molar-refractivity contribution < 1.29 is 14.6 Å². The number of methoxy groups -OCH3 is 2. The third-order valence-corrected chi connectivity index (χ3v) is 3.41. The summed E-state index contributed by atoms with van der Waals surface area (Å²) < 4.78 is 12.3. The molecule has 0 fully saturated rings. The van der Waals surface area contributed by atoms with Crippen LogP contribution in [-0.2, 0) is 17.9 Å². The second kappa shape index (κ2) is 7.24. The molecule has 0 spiro atoms. The molecule has 2 rings (SSSR count). The van der Waals surface area contributed by atoms with Crippen LogP contribution in [0, 0.1) is 0 Å². The van der Waals surface area contributed by atoms with Gasteiger partial charge in [0.05, 0.1) is 19.9 Å². The number of ether oxygens (including phenoxy) is 2. The quantitative estimate of drug-likeness (QED) is 0.851. The van der Waals surface area contributed by atoms with Crippen LogP contribution in [0.2, 0.25) is 0 Å². The Hall–Kier alpha value is -1.85. The van der Waals surface area contributed by atoms with E-state index in [0.29, 0.717) is 18.1 Å². The summed E-state index contributed by atoms with van der Waals surface area (Å²) in [4.78, 5) is 0. The smallest absolute Gasteiger partial charge is 0.163 e. The summed E-state index contributed by atoms with van der Waals surface area (Å²) in [6.45, 7) is 3.27. The highest BCUT2D eigenvalue weighted by molar-refractivity contribution is 5.38. The van der Waals surface area contributed by atoms with E-state index in [4.69, 9.17) is 9.47 Å². The topological polar surface area (TPSA) is 56.5 Å². The zero-order chi connectivity index (χ0) is 15.2. The Morgan fingerprint density at radius 2 is 2.05 bits per heavy atom. The second-order valence-corrected chi connectivity index (χ2v) is 4.86. The van der Waals surface area contributed by atoms with Gasteiger partial charge >= 0.3 is 0 Å². The summed E-state index contributed by atoms with van der Waals surface area (Å²) in [7, 11) is 3.23. The van der Waals surface area contributed by atoms with Gasteiger partial charge in [0, 0.05) is 13.7 Å². The number of rotatable bonds is 7. The van der Waals surface area contributed by atoms with Gasteiger partial charge in [0.25, 0.3) is 0 Å². The molecule has 0 saturated heterocycles. The van der Waals surface area contributed by atoms with Gasteiger partial charge in [0.2, 0.25) is 0 Å². The number of hydrogen-bond donors (Lipinski definition) is 1. The van der Waals surface area contributed by atoms with Crippen LogP contribution in [0.4, 0.5) is 0 Å². The van der Waals surface area contributed by atoms with Crippen molar-refractivity contribution in [3.8, 4) is 5.75 Å². The lowest BCUT2D eigenvalue weighted by Crippen LogP contribution is -2.13. The van der Waals surface area contributed by atoms with Crippen LogP contribution >= 0.6 is 0 Å². The minimum atomic E-state index is -0.791. The SMILES string of the molecule is CCCn1ncc(OC)c1C(O)c1ccccc1COC. The second-order valence-electron chi connectivity index (χ2n) is 4.86.